The predicted molar refractivity (Wildman–Crippen MR) is 82.4 cm³/mol. The van der Waals surface area contributed by atoms with Crippen molar-refractivity contribution in [2.24, 2.45) is 0 Å². The van der Waals surface area contributed by atoms with Gasteiger partial charge >= 0.3 is 0 Å². The molecule has 1 atom stereocenters. The summed E-state index contributed by atoms with van der Waals surface area (Å²) in [6, 6.07) is 8.04. The summed E-state index contributed by atoms with van der Waals surface area (Å²) in [6.45, 7) is 0. The van der Waals surface area contributed by atoms with Crippen molar-refractivity contribution in [3.63, 3.8) is 0 Å². The minimum Gasteiger partial charge on any atom is -0.341 e. The van der Waals surface area contributed by atoms with Crippen LogP contribution in [0.4, 0.5) is 0 Å². The van der Waals surface area contributed by atoms with Crippen molar-refractivity contribution < 1.29 is 13.2 Å². The molecule has 0 bridgehead atoms. The lowest BCUT2D eigenvalue weighted by molar-refractivity contribution is -0.133. The number of carbonyl (C=O) groups is 1. The molecule has 0 spiro atoms. The maximum Gasteiger partial charge on any atom is 0.244 e. The van der Waals surface area contributed by atoms with Crippen LogP contribution in [-0.2, 0) is 14.8 Å². The molecule has 2 fully saturated rings. The van der Waals surface area contributed by atoms with Gasteiger partial charge in [0.1, 0.15) is 6.04 Å². The first-order chi connectivity index (χ1) is 10.0. The summed E-state index contributed by atoms with van der Waals surface area (Å²) in [4.78, 5) is 14.5. The largest absolute Gasteiger partial charge is 0.341 e. The molecule has 1 unspecified atom stereocenters. The predicted octanol–water partition coefficient (Wildman–Crippen LogP) is 1.37. The van der Waals surface area contributed by atoms with Gasteiger partial charge in [-0.2, -0.15) is 4.31 Å². The molecule has 1 saturated heterocycles. The minimum absolute atomic E-state index is 0.0815. The van der Waals surface area contributed by atoms with Crippen molar-refractivity contribution in [1.29, 1.82) is 0 Å². The lowest BCUT2D eigenvalue weighted by atomic mass is 10.3. The number of nitrogens with zero attached hydrogens (tertiary/aromatic N) is 2. The topological polar surface area (TPSA) is 57.7 Å². The Hall–Kier alpha value is -1.05. The van der Waals surface area contributed by atoms with Crippen molar-refractivity contribution in [3.8, 4) is 0 Å². The van der Waals surface area contributed by atoms with Crippen molar-refractivity contribution >= 4 is 27.7 Å². The molecular formula is C14H18N2O3S2. The van der Waals surface area contributed by atoms with E-state index in [0.29, 0.717) is 17.7 Å². The van der Waals surface area contributed by atoms with Crippen molar-refractivity contribution in [3.05, 3.63) is 30.3 Å². The molecule has 3 rings (SSSR count). The van der Waals surface area contributed by atoms with Crippen LogP contribution in [0.25, 0.3) is 0 Å². The van der Waals surface area contributed by atoms with Gasteiger partial charge in [-0.05, 0) is 25.0 Å². The highest BCUT2D eigenvalue weighted by Crippen LogP contribution is 2.32. The van der Waals surface area contributed by atoms with Gasteiger partial charge < -0.3 is 4.90 Å². The number of likely N-dealkylation sites (N-methyl/N-ethyl adjacent to an activating group) is 1. The number of hydrogen-bond donors (Lipinski definition) is 0. The van der Waals surface area contributed by atoms with E-state index in [1.807, 2.05) is 0 Å². The molecule has 1 saturated carbocycles. The van der Waals surface area contributed by atoms with Crippen LogP contribution in [-0.4, -0.2) is 54.3 Å². The Morgan fingerprint density at radius 3 is 2.57 bits per heavy atom. The molecule has 0 radical (unpaired) electrons. The van der Waals surface area contributed by atoms with E-state index < -0.39 is 16.1 Å². The molecule has 1 aliphatic carbocycles. The van der Waals surface area contributed by atoms with E-state index in [9.17, 15) is 13.2 Å². The molecule has 5 nitrogen and oxygen atoms in total. The molecular weight excluding hydrogens is 308 g/mol. The minimum atomic E-state index is -3.61. The Bertz CT molecular complexity index is 629. The molecule has 1 heterocycles. The van der Waals surface area contributed by atoms with Crippen LogP contribution in [0.15, 0.2) is 35.2 Å². The Kier molecular flexibility index (Phi) is 3.98. The zero-order chi connectivity index (χ0) is 15.0. The average molecular weight is 326 g/mol. The fourth-order valence-electron chi connectivity index (χ4n) is 2.46. The first kappa shape index (κ1) is 14.9. The first-order valence-electron chi connectivity index (χ1n) is 6.93. The summed E-state index contributed by atoms with van der Waals surface area (Å²) in [6.07, 6.45) is 2.04. The van der Waals surface area contributed by atoms with E-state index in [1.165, 1.54) is 16.1 Å². The second-order valence-corrected chi connectivity index (χ2v) is 8.29. The van der Waals surface area contributed by atoms with E-state index in [2.05, 4.69) is 0 Å². The second kappa shape index (κ2) is 5.62. The standard InChI is InChI=1S/C14H18N2O3S2/c1-15(11-7-8-11)14(17)13-9-20-10-16(13)21(18,19)12-5-3-2-4-6-12/h2-6,11,13H,7-10H2,1H3. The number of thioether (sulfide) groups is 1. The van der Waals surface area contributed by atoms with Crippen LogP contribution >= 0.6 is 11.8 Å². The number of benzene rings is 1. The average Bonchev–Trinajstić information content (AvgIpc) is 3.22. The molecule has 2 aliphatic rings. The van der Waals surface area contributed by atoms with Gasteiger partial charge in [-0.1, -0.05) is 18.2 Å². The van der Waals surface area contributed by atoms with Crippen LogP contribution in [0, 0.1) is 0 Å². The van der Waals surface area contributed by atoms with Crippen LogP contribution in [0.2, 0.25) is 0 Å². The van der Waals surface area contributed by atoms with Crippen LogP contribution in [0.3, 0.4) is 0 Å². The third-order valence-corrected chi connectivity index (χ3v) is 6.96. The Balaban J connectivity index is 1.85. The van der Waals surface area contributed by atoms with Crippen LogP contribution in [0.5, 0.6) is 0 Å². The summed E-state index contributed by atoms with van der Waals surface area (Å²) in [5.41, 5.74) is 0. The van der Waals surface area contributed by atoms with Gasteiger partial charge in [0.15, 0.2) is 0 Å². The van der Waals surface area contributed by atoms with Crippen molar-refractivity contribution in [2.45, 2.75) is 29.8 Å². The van der Waals surface area contributed by atoms with E-state index in [1.54, 1.807) is 42.3 Å². The Morgan fingerprint density at radius 2 is 1.95 bits per heavy atom. The summed E-state index contributed by atoms with van der Waals surface area (Å²) >= 11 is 1.49. The number of carbonyl (C=O) groups excluding carboxylic acids is 1. The lowest BCUT2D eigenvalue weighted by Gasteiger charge is -2.26. The van der Waals surface area contributed by atoms with Gasteiger partial charge in [-0.25, -0.2) is 8.42 Å². The number of amides is 1. The lowest BCUT2D eigenvalue weighted by Crippen LogP contribution is -2.48. The molecule has 1 amide bonds. The monoisotopic (exact) mass is 326 g/mol. The smallest absolute Gasteiger partial charge is 0.244 e. The first-order valence-corrected chi connectivity index (χ1v) is 9.52. The third-order valence-electron chi connectivity index (χ3n) is 3.92. The fourth-order valence-corrected chi connectivity index (χ4v) is 5.62. The van der Waals surface area contributed by atoms with Gasteiger partial charge in [0, 0.05) is 18.8 Å². The molecule has 1 aromatic rings. The van der Waals surface area contributed by atoms with Crippen LogP contribution in [0.1, 0.15) is 12.8 Å². The highest BCUT2D eigenvalue weighted by molar-refractivity contribution is 8.00. The third kappa shape index (κ3) is 2.82. The molecule has 1 aliphatic heterocycles. The number of sulfonamides is 1. The number of rotatable bonds is 4. The molecule has 0 aromatic heterocycles. The van der Waals surface area contributed by atoms with Gasteiger partial charge in [0.25, 0.3) is 0 Å². The summed E-state index contributed by atoms with van der Waals surface area (Å²) in [7, 11) is -1.83. The summed E-state index contributed by atoms with van der Waals surface area (Å²) in [5.74, 6) is 0.788. The summed E-state index contributed by atoms with van der Waals surface area (Å²) < 4.78 is 26.7. The highest BCUT2D eigenvalue weighted by atomic mass is 32.2. The Labute approximate surface area is 129 Å². The van der Waals surface area contributed by atoms with Crippen molar-refractivity contribution in [2.75, 3.05) is 18.7 Å². The molecule has 0 N–H and O–H groups in total. The summed E-state index contributed by atoms with van der Waals surface area (Å²) in [5, 5.41) is 0. The fraction of sp³-hybridized carbons (Fsp3) is 0.500. The van der Waals surface area contributed by atoms with E-state index >= 15 is 0 Å². The molecule has 1 aromatic carbocycles. The molecule has 114 valence electrons. The van der Waals surface area contributed by atoms with E-state index in [0.717, 1.165) is 12.8 Å². The quantitative estimate of drug-likeness (QED) is 0.838. The maximum absolute atomic E-state index is 12.7. The van der Waals surface area contributed by atoms with Gasteiger partial charge in [-0.15, -0.1) is 11.8 Å². The van der Waals surface area contributed by atoms with E-state index in [4.69, 9.17) is 0 Å². The highest BCUT2D eigenvalue weighted by Gasteiger charge is 2.43. The van der Waals surface area contributed by atoms with Crippen molar-refractivity contribution in [1.82, 2.24) is 9.21 Å². The normalized spacial score (nSPS) is 23.2. The number of hydrogen-bond acceptors (Lipinski definition) is 4. The zero-order valence-electron chi connectivity index (χ0n) is 11.8. The van der Waals surface area contributed by atoms with Gasteiger partial charge in [0.05, 0.1) is 10.8 Å². The SMILES string of the molecule is CN(C(=O)C1CSCN1S(=O)(=O)c1ccccc1)C1CC1. The van der Waals surface area contributed by atoms with Crippen LogP contribution < -0.4 is 0 Å². The van der Waals surface area contributed by atoms with Gasteiger partial charge in [0.2, 0.25) is 15.9 Å². The molecule has 7 heteroatoms. The van der Waals surface area contributed by atoms with Gasteiger partial charge in [-0.3, -0.25) is 4.79 Å². The Morgan fingerprint density at radius 1 is 1.29 bits per heavy atom. The second-order valence-electron chi connectivity index (χ2n) is 5.40. The zero-order valence-corrected chi connectivity index (χ0v) is 13.4. The van der Waals surface area contributed by atoms with E-state index in [-0.39, 0.29) is 10.8 Å². The molecule has 21 heavy (non-hydrogen) atoms. The maximum atomic E-state index is 12.7.